The van der Waals surface area contributed by atoms with Crippen molar-refractivity contribution in [3.8, 4) is 0 Å². The second kappa shape index (κ2) is 4.75. The van der Waals surface area contributed by atoms with Crippen LogP contribution in [-0.4, -0.2) is 16.9 Å². The summed E-state index contributed by atoms with van der Waals surface area (Å²) in [7, 11) is 0. The SMILES string of the molecule is Cc1cc(C)c(C(=O)/C=C/C(=O)O)c(C)c1. The molecule has 0 unspecified atom stereocenters. The molecule has 16 heavy (non-hydrogen) atoms. The first-order valence-corrected chi connectivity index (χ1v) is 4.95. The molecule has 0 aliphatic rings. The van der Waals surface area contributed by atoms with Crippen molar-refractivity contribution in [2.45, 2.75) is 20.8 Å². The maximum atomic E-state index is 11.8. The molecule has 3 heteroatoms. The van der Waals surface area contributed by atoms with Crippen LogP contribution in [0.2, 0.25) is 0 Å². The monoisotopic (exact) mass is 218 g/mol. The van der Waals surface area contributed by atoms with E-state index in [0.717, 1.165) is 28.8 Å². The molecule has 0 aliphatic heterocycles. The van der Waals surface area contributed by atoms with Crippen LogP contribution >= 0.6 is 0 Å². The van der Waals surface area contributed by atoms with E-state index in [4.69, 9.17) is 5.11 Å². The smallest absolute Gasteiger partial charge is 0.328 e. The van der Waals surface area contributed by atoms with Crippen LogP contribution in [0.25, 0.3) is 0 Å². The maximum absolute atomic E-state index is 11.8. The predicted octanol–water partition coefficient (Wildman–Crippen LogP) is 2.44. The molecule has 0 saturated heterocycles. The van der Waals surface area contributed by atoms with E-state index in [1.54, 1.807) is 0 Å². The molecular weight excluding hydrogens is 204 g/mol. The maximum Gasteiger partial charge on any atom is 0.328 e. The van der Waals surface area contributed by atoms with Gasteiger partial charge in [-0.1, -0.05) is 17.7 Å². The number of allylic oxidation sites excluding steroid dienone is 1. The van der Waals surface area contributed by atoms with Gasteiger partial charge >= 0.3 is 5.97 Å². The molecule has 0 radical (unpaired) electrons. The molecule has 0 aliphatic carbocycles. The van der Waals surface area contributed by atoms with Gasteiger partial charge in [0.15, 0.2) is 5.78 Å². The largest absolute Gasteiger partial charge is 0.478 e. The predicted molar refractivity (Wildman–Crippen MR) is 61.8 cm³/mol. The molecule has 1 rings (SSSR count). The number of benzene rings is 1. The highest BCUT2D eigenvalue weighted by Crippen LogP contribution is 2.17. The lowest BCUT2D eigenvalue weighted by molar-refractivity contribution is -0.131. The Hall–Kier alpha value is -1.90. The van der Waals surface area contributed by atoms with E-state index in [0.29, 0.717) is 5.56 Å². The summed E-state index contributed by atoms with van der Waals surface area (Å²) in [5, 5.41) is 8.45. The van der Waals surface area contributed by atoms with Gasteiger partial charge in [0.25, 0.3) is 0 Å². The van der Waals surface area contributed by atoms with E-state index in [9.17, 15) is 9.59 Å². The Morgan fingerprint density at radius 3 is 2.00 bits per heavy atom. The molecule has 0 fully saturated rings. The minimum Gasteiger partial charge on any atom is -0.478 e. The summed E-state index contributed by atoms with van der Waals surface area (Å²) in [4.78, 5) is 22.1. The molecule has 1 aromatic rings. The summed E-state index contributed by atoms with van der Waals surface area (Å²) in [6, 6.07) is 3.82. The molecule has 0 amide bonds. The lowest BCUT2D eigenvalue weighted by atomic mass is 9.96. The molecule has 1 N–H and O–H groups in total. The fourth-order valence-electron chi connectivity index (χ4n) is 1.80. The van der Waals surface area contributed by atoms with Crippen molar-refractivity contribution in [3.05, 3.63) is 46.5 Å². The normalized spacial score (nSPS) is 10.7. The Labute approximate surface area is 94.4 Å². The third kappa shape index (κ3) is 2.79. The number of carboxylic acids is 1. The Bertz CT molecular complexity index is 447. The molecule has 0 spiro atoms. The standard InChI is InChI=1S/C13H14O3/c1-8-6-9(2)13(10(3)7-8)11(14)4-5-12(15)16/h4-7H,1-3H3,(H,15,16)/b5-4+. The van der Waals surface area contributed by atoms with Crippen LogP contribution in [0.1, 0.15) is 27.0 Å². The first-order chi connectivity index (χ1) is 7.41. The summed E-state index contributed by atoms with van der Waals surface area (Å²) >= 11 is 0. The number of hydrogen-bond acceptors (Lipinski definition) is 2. The Morgan fingerprint density at radius 2 is 1.56 bits per heavy atom. The molecule has 84 valence electrons. The molecule has 3 nitrogen and oxygen atoms in total. The topological polar surface area (TPSA) is 54.4 Å². The van der Waals surface area contributed by atoms with Gasteiger partial charge in [-0.15, -0.1) is 0 Å². The van der Waals surface area contributed by atoms with E-state index >= 15 is 0 Å². The summed E-state index contributed by atoms with van der Waals surface area (Å²) in [6.07, 6.45) is 1.95. The van der Waals surface area contributed by atoms with E-state index in [2.05, 4.69) is 0 Å². The average Bonchev–Trinajstić information content (AvgIpc) is 2.12. The minimum atomic E-state index is -1.12. The number of carboxylic acid groups (broad SMARTS) is 1. The number of carbonyl (C=O) groups excluding carboxylic acids is 1. The van der Waals surface area contributed by atoms with E-state index < -0.39 is 5.97 Å². The minimum absolute atomic E-state index is 0.266. The number of rotatable bonds is 3. The van der Waals surface area contributed by atoms with Gasteiger partial charge in [-0.3, -0.25) is 4.79 Å². The van der Waals surface area contributed by atoms with Crippen molar-refractivity contribution < 1.29 is 14.7 Å². The summed E-state index contributed by atoms with van der Waals surface area (Å²) in [5.41, 5.74) is 3.42. The Kier molecular flexibility index (Phi) is 3.61. The first-order valence-electron chi connectivity index (χ1n) is 4.95. The number of ketones is 1. The van der Waals surface area contributed by atoms with Crippen LogP contribution in [0.15, 0.2) is 24.3 Å². The van der Waals surface area contributed by atoms with Crippen molar-refractivity contribution in [2.75, 3.05) is 0 Å². The molecule has 0 bridgehead atoms. The van der Waals surface area contributed by atoms with Crippen molar-refractivity contribution in [2.24, 2.45) is 0 Å². The van der Waals surface area contributed by atoms with Gasteiger partial charge in [0.2, 0.25) is 0 Å². The number of aliphatic carboxylic acids is 1. The molecule has 1 aromatic carbocycles. The fraction of sp³-hybridized carbons (Fsp3) is 0.231. The highest BCUT2D eigenvalue weighted by atomic mass is 16.4. The Morgan fingerprint density at radius 1 is 1.06 bits per heavy atom. The van der Waals surface area contributed by atoms with Crippen molar-refractivity contribution in [1.82, 2.24) is 0 Å². The molecule has 0 atom stereocenters. The molecule has 0 aromatic heterocycles. The quantitative estimate of drug-likeness (QED) is 0.626. The third-order valence-electron chi connectivity index (χ3n) is 2.30. The number of aryl methyl sites for hydroxylation is 3. The van der Waals surface area contributed by atoms with Crippen LogP contribution in [-0.2, 0) is 4.79 Å². The molecule has 0 heterocycles. The molecular formula is C13H14O3. The van der Waals surface area contributed by atoms with Crippen molar-refractivity contribution in [1.29, 1.82) is 0 Å². The highest BCUT2D eigenvalue weighted by molar-refractivity contribution is 6.08. The second-order valence-electron chi connectivity index (χ2n) is 3.81. The van der Waals surface area contributed by atoms with Gasteiger partial charge in [-0.2, -0.15) is 0 Å². The summed E-state index contributed by atoms with van der Waals surface area (Å²) in [5.74, 6) is -1.38. The lowest BCUT2D eigenvalue weighted by Crippen LogP contribution is -2.03. The van der Waals surface area contributed by atoms with E-state index in [1.807, 2.05) is 32.9 Å². The lowest BCUT2D eigenvalue weighted by Gasteiger charge is -2.07. The second-order valence-corrected chi connectivity index (χ2v) is 3.81. The third-order valence-corrected chi connectivity index (χ3v) is 2.30. The van der Waals surface area contributed by atoms with Crippen LogP contribution in [0.3, 0.4) is 0 Å². The van der Waals surface area contributed by atoms with Crippen molar-refractivity contribution >= 4 is 11.8 Å². The zero-order valence-corrected chi connectivity index (χ0v) is 9.57. The highest BCUT2D eigenvalue weighted by Gasteiger charge is 2.10. The van der Waals surface area contributed by atoms with E-state index in [-0.39, 0.29) is 5.78 Å². The van der Waals surface area contributed by atoms with Gasteiger partial charge in [0.05, 0.1) is 0 Å². The van der Waals surface area contributed by atoms with Gasteiger partial charge in [0.1, 0.15) is 0 Å². The zero-order valence-electron chi connectivity index (χ0n) is 9.57. The van der Waals surface area contributed by atoms with Crippen LogP contribution < -0.4 is 0 Å². The Balaban J connectivity index is 3.14. The van der Waals surface area contributed by atoms with Crippen LogP contribution in [0.4, 0.5) is 0 Å². The number of hydrogen-bond donors (Lipinski definition) is 1. The number of carbonyl (C=O) groups is 2. The van der Waals surface area contributed by atoms with Crippen LogP contribution in [0.5, 0.6) is 0 Å². The summed E-state index contributed by atoms with van der Waals surface area (Å²) < 4.78 is 0. The van der Waals surface area contributed by atoms with Gasteiger partial charge in [0, 0.05) is 11.6 Å². The van der Waals surface area contributed by atoms with Crippen molar-refractivity contribution in [3.63, 3.8) is 0 Å². The first kappa shape index (κ1) is 12.2. The van der Waals surface area contributed by atoms with Gasteiger partial charge < -0.3 is 5.11 Å². The van der Waals surface area contributed by atoms with Crippen LogP contribution in [0, 0.1) is 20.8 Å². The molecule has 0 saturated carbocycles. The van der Waals surface area contributed by atoms with Gasteiger partial charge in [-0.25, -0.2) is 4.79 Å². The summed E-state index contributed by atoms with van der Waals surface area (Å²) in [6.45, 7) is 5.66. The van der Waals surface area contributed by atoms with Gasteiger partial charge in [-0.05, 0) is 38.0 Å². The zero-order chi connectivity index (χ0) is 12.3. The van der Waals surface area contributed by atoms with E-state index in [1.165, 1.54) is 0 Å². The fourth-order valence-corrected chi connectivity index (χ4v) is 1.80. The average molecular weight is 218 g/mol.